The molecule has 5 nitrogen and oxygen atoms in total. The fourth-order valence-electron chi connectivity index (χ4n) is 3.98. The van der Waals surface area contributed by atoms with Gasteiger partial charge in [-0.2, -0.15) is 0 Å². The van der Waals surface area contributed by atoms with Gasteiger partial charge in [-0.15, -0.1) is 0 Å². The van der Waals surface area contributed by atoms with E-state index in [-0.39, 0.29) is 17.2 Å². The van der Waals surface area contributed by atoms with Crippen molar-refractivity contribution in [2.45, 2.75) is 32.6 Å². The molecule has 1 aromatic carbocycles. The SMILES string of the molecule is COCCN1CC2(CCC1=O)CCN(C(=O)c1ccc(C)cc1)CC2. The number of hydrogen-bond acceptors (Lipinski definition) is 3. The van der Waals surface area contributed by atoms with Crippen LogP contribution in [0.15, 0.2) is 24.3 Å². The van der Waals surface area contributed by atoms with Gasteiger partial charge in [-0.05, 0) is 43.7 Å². The van der Waals surface area contributed by atoms with Gasteiger partial charge >= 0.3 is 0 Å². The summed E-state index contributed by atoms with van der Waals surface area (Å²) in [6.07, 6.45) is 3.51. The van der Waals surface area contributed by atoms with Crippen LogP contribution >= 0.6 is 0 Å². The number of hydrogen-bond donors (Lipinski definition) is 0. The summed E-state index contributed by atoms with van der Waals surface area (Å²) in [5.41, 5.74) is 2.10. The molecule has 5 heteroatoms. The van der Waals surface area contributed by atoms with Gasteiger partial charge in [0.1, 0.15) is 0 Å². The molecule has 1 spiro atoms. The van der Waals surface area contributed by atoms with Crippen molar-refractivity contribution in [1.29, 1.82) is 0 Å². The molecule has 2 aliphatic heterocycles. The molecule has 2 saturated heterocycles. The maximum absolute atomic E-state index is 12.7. The quantitative estimate of drug-likeness (QED) is 0.843. The molecule has 0 atom stereocenters. The predicted octanol–water partition coefficient (Wildman–Crippen LogP) is 2.49. The molecule has 0 N–H and O–H groups in total. The number of rotatable bonds is 4. The van der Waals surface area contributed by atoms with Crippen molar-refractivity contribution < 1.29 is 14.3 Å². The van der Waals surface area contributed by atoms with E-state index in [0.717, 1.165) is 50.0 Å². The largest absolute Gasteiger partial charge is 0.383 e. The van der Waals surface area contributed by atoms with Crippen LogP contribution < -0.4 is 0 Å². The average molecular weight is 344 g/mol. The normalized spacial score (nSPS) is 20.2. The van der Waals surface area contributed by atoms with Crippen LogP contribution in [0, 0.1) is 12.3 Å². The molecule has 0 radical (unpaired) electrons. The first-order valence-corrected chi connectivity index (χ1v) is 9.16. The lowest BCUT2D eigenvalue weighted by Gasteiger charge is -2.47. The molecule has 2 fully saturated rings. The van der Waals surface area contributed by atoms with Crippen LogP contribution in [0.3, 0.4) is 0 Å². The Labute approximate surface area is 149 Å². The van der Waals surface area contributed by atoms with Gasteiger partial charge in [-0.25, -0.2) is 0 Å². The molecule has 2 amide bonds. The molecule has 2 heterocycles. The van der Waals surface area contributed by atoms with Crippen molar-refractivity contribution in [2.75, 3.05) is 39.9 Å². The van der Waals surface area contributed by atoms with E-state index in [1.165, 1.54) is 0 Å². The Balaban J connectivity index is 1.60. The fraction of sp³-hybridized carbons (Fsp3) is 0.600. The minimum Gasteiger partial charge on any atom is -0.383 e. The van der Waals surface area contributed by atoms with E-state index in [9.17, 15) is 9.59 Å². The van der Waals surface area contributed by atoms with E-state index < -0.39 is 0 Å². The number of carbonyl (C=O) groups is 2. The number of ether oxygens (including phenoxy) is 1. The Hall–Kier alpha value is -1.88. The summed E-state index contributed by atoms with van der Waals surface area (Å²) in [6.45, 7) is 5.64. The van der Waals surface area contributed by atoms with Crippen LogP contribution in [0.2, 0.25) is 0 Å². The molecule has 0 unspecified atom stereocenters. The molecule has 2 aliphatic rings. The second-order valence-corrected chi connectivity index (χ2v) is 7.47. The van der Waals surface area contributed by atoms with Gasteiger partial charge in [0.05, 0.1) is 6.61 Å². The monoisotopic (exact) mass is 344 g/mol. The van der Waals surface area contributed by atoms with Crippen LogP contribution in [0.25, 0.3) is 0 Å². The summed E-state index contributed by atoms with van der Waals surface area (Å²) in [5.74, 6) is 0.360. The maximum Gasteiger partial charge on any atom is 0.253 e. The number of amides is 2. The van der Waals surface area contributed by atoms with Gasteiger partial charge in [0, 0.05) is 45.3 Å². The zero-order valence-corrected chi connectivity index (χ0v) is 15.3. The highest BCUT2D eigenvalue weighted by Crippen LogP contribution is 2.40. The molecule has 0 aliphatic carbocycles. The third kappa shape index (κ3) is 4.03. The lowest BCUT2D eigenvalue weighted by Crippen LogP contribution is -2.52. The van der Waals surface area contributed by atoms with Gasteiger partial charge in [0.25, 0.3) is 5.91 Å². The Morgan fingerprint density at radius 2 is 1.84 bits per heavy atom. The van der Waals surface area contributed by atoms with Crippen LogP contribution in [0.5, 0.6) is 0 Å². The first-order chi connectivity index (χ1) is 12.0. The second-order valence-electron chi connectivity index (χ2n) is 7.47. The molecule has 1 aromatic rings. The van der Waals surface area contributed by atoms with E-state index in [1.807, 2.05) is 41.0 Å². The van der Waals surface area contributed by atoms with E-state index in [4.69, 9.17) is 4.74 Å². The molecule has 0 bridgehead atoms. The second kappa shape index (κ2) is 7.56. The average Bonchev–Trinajstić information content (AvgIpc) is 2.63. The summed E-state index contributed by atoms with van der Waals surface area (Å²) in [5, 5.41) is 0. The highest BCUT2D eigenvalue weighted by atomic mass is 16.5. The van der Waals surface area contributed by atoms with E-state index in [2.05, 4.69) is 0 Å². The first kappa shape index (κ1) is 17.9. The summed E-state index contributed by atoms with van der Waals surface area (Å²) in [4.78, 5) is 28.7. The predicted molar refractivity (Wildman–Crippen MR) is 96.4 cm³/mol. The van der Waals surface area contributed by atoms with Gasteiger partial charge < -0.3 is 14.5 Å². The number of carbonyl (C=O) groups excluding carboxylic acids is 2. The molecular formula is C20H28N2O3. The lowest BCUT2D eigenvalue weighted by molar-refractivity contribution is -0.139. The highest BCUT2D eigenvalue weighted by molar-refractivity contribution is 5.94. The molecule has 25 heavy (non-hydrogen) atoms. The third-order valence-electron chi connectivity index (χ3n) is 5.72. The molecular weight excluding hydrogens is 316 g/mol. The minimum atomic E-state index is 0.123. The van der Waals surface area contributed by atoms with Crippen LogP contribution in [0.4, 0.5) is 0 Å². The van der Waals surface area contributed by atoms with Crippen molar-refractivity contribution in [3.05, 3.63) is 35.4 Å². The number of likely N-dealkylation sites (tertiary alicyclic amines) is 2. The van der Waals surface area contributed by atoms with Crippen molar-refractivity contribution in [1.82, 2.24) is 9.80 Å². The highest BCUT2D eigenvalue weighted by Gasteiger charge is 2.41. The molecule has 0 aromatic heterocycles. The minimum absolute atomic E-state index is 0.123. The number of methoxy groups -OCH3 is 1. The van der Waals surface area contributed by atoms with E-state index in [0.29, 0.717) is 19.6 Å². The van der Waals surface area contributed by atoms with Crippen molar-refractivity contribution in [2.24, 2.45) is 5.41 Å². The standard InChI is InChI=1S/C20H28N2O3/c1-16-3-5-17(6-4-16)19(24)21-11-9-20(10-12-21)8-7-18(23)22(15-20)13-14-25-2/h3-6H,7-15H2,1-2H3. The van der Waals surface area contributed by atoms with Gasteiger partial charge in [-0.1, -0.05) is 17.7 Å². The molecule has 136 valence electrons. The topological polar surface area (TPSA) is 49.9 Å². The third-order valence-corrected chi connectivity index (χ3v) is 5.72. The summed E-state index contributed by atoms with van der Waals surface area (Å²) in [7, 11) is 1.67. The number of aryl methyl sites for hydroxylation is 1. The van der Waals surface area contributed by atoms with Crippen molar-refractivity contribution in [3.63, 3.8) is 0 Å². The zero-order valence-electron chi connectivity index (χ0n) is 15.3. The smallest absolute Gasteiger partial charge is 0.253 e. The summed E-state index contributed by atoms with van der Waals surface area (Å²) < 4.78 is 5.13. The van der Waals surface area contributed by atoms with Crippen molar-refractivity contribution >= 4 is 11.8 Å². The Kier molecular flexibility index (Phi) is 5.42. The van der Waals surface area contributed by atoms with Gasteiger partial charge in [-0.3, -0.25) is 9.59 Å². The Bertz CT molecular complexity index is 618. The van der Waals surface area contributed by atoms with Crippen LogP contribution in [-0.4, -0.2) is 61.5 Å². The Morgan fingerprint density at radius 1 is 1.16 bits per heavy atom. The summed E-state index contributed by atoms with van der Waals surface area (Å²) >= 11 is 0. The number of nitrogens with zero attached hydrogens (tertiary/aromatic N) is 2. The zero-order chi connectivity index (χ0) is 17.9. The maximum atomic E-state index is 12.7. The van der Waals surface area contributed by atoms with Gasteiger partial charge in [0.2, 0.25) is 5.91 Å². The van der Waals surface area contributed by atoms with E-state index >= 15 is 0 Å². The fourth-order valence-corrected chi connectivity index (χ4v) is 3.98. The van der Waals surface area contributed by atoms with E-state index in [1.54, 1.807) is 7.11 Å². The lowest BCUT2D eigenvalue weighted by atomic mass is 9.72. The number of piperidine rings is 2. The Morgan fingerprint density at radius 3 is 2.48 bits per heavy atom. The number of benzene rings is 1. The van der Waals surface area contributed by atoms with Crippen molar-refractivity contribution in [3.8, 4) is 0 Å². The molecule has 0 saturated carbocycles. The van der Waals surface area contributed by atoms with Gasteiger partial charge in [0.15, 0.2) is 0 Å². The molecule has 3 rings (SSSR count). The summed E-state index contributed by atoms with van der Waals surface area (Å²) in [6, 6.07) is 7.79. The van der Waals surface area contributed by atoms with Crippen LogP contribution in [-0.2, 0) is 9.53 Å². The first-order valence-electron chi connectivity index (χ1n) is 9.16. The van der Waals surface area contributed by atoms with Crippen LogP contribution in [0.1, 0.15) is 41.6 Å².